The Morgan fingerprint density at radius 3 is 2.11 bits per heavy atom. The van der Waals surface area contributed by atoms with Gasteiger partial charge in [-0.1, -0.05) is 71.6 Å². The number of nitrogens with one attached hydrogen (secondary N) is 1. The van der Waals surface area contributed by atoms with Gasteiger partial charge in [0.1, 0.15) is 12.3 Å². The first-order valence-corrected chi connectivity index (χ1v) is 14.3. The third-order valence-corrected chi connectivity index (χ3v) is 6.44. The summed E-state index contributed by atoms with van der Waals surface area (Å²) in [6.45, 7) is 6.66. The number of aromatic nitrogens is 1. The summed E-state index contributed by atoms with van der Waals surface area (Å²) in [5.74, 6) is 1.77. The number of pyridine rings is 1. The van der Waals surface area contributed by atoms with E-state index in [0.717, 1.165) is 25.8 Å². The van der Waals surface area contributed by atoms with Crippen LogP contribution in [0.25, 0.3) is 0 Å². The second-order valence-corrected chi connectivity index (χ2v) is 9.68. The molecule has 7 heteroatoms. The Hall–Kier alpha value is -2.03. The van der Waals surface area contributed by atoms with Crippen LogP contribution in [0, 0.1) is 0 Å². The summed E-state index contributed by atoms with van der Waals surface area (Å²) in [6, 6.07) is 9.65. The molecule has 0 atom stereocenters. The highest BCUT2D eigenvalue weighted by Gasteiger charge is 2.09. The number of methoxy groups -OCH3 is 1. The van der Waals surface area contributed by atoms with E-state index in [9.17, 15) is 4.79 Å². The van der Waals surface area contributed by atoms with Gasteiger partial charge in [-0.15, -0.1) is 0 Å². The second-order valence-electron chi connectivity index (χ2n) is 9.68. The molecule has 1 N–H and O–H groups in total. The first-order valence-electron chi connectivity index (χ1n) is 14.3. The number of hydrogen-bond donors (Lipinski definition) is 1. The van der Waals surface area contributed by atoms with Crippen molar-refractivity contribution in [2.75, 3.05) is 26.9 Å². The maximum Gasteiger partial charge on any atom is 0.257 e. The minimum absolute atomic E-state index is 0. The van der Waals surface area contributed by atoms with Crippen molar-refractivity contribution in [3.63, 3.8) is 0 Å². The summed E-state index contributed by atoms with van der Waals surface area (Å²) in [6.07, 6.45) is 19.1. The summed E-state index contributed by atoms with van der Waals surface area (Å²) < 4.78 is 19.2. The van der Waals surface area contributed by atoms with Crippen molar-refractivity contribution in [3.8, 4) is 17.2 Å². The van der Waals surface area contributed by atoms with Crippen LogP contribution in [-0.2, 0) is 17.8 Å². The molecule has 1 aromatic heterocycles. The van der Waals surface area contributed by atoms with Crippen molar-refractivity contribution in [1.29, 1.82) is 0 Å². The molecule has 0 unspecified atom stereocenters. The number of benzene rings is 1. The van der Waals surface area contributed by atoms with Gasteiger partial charge in [-0.25, -0.2) is 4.57 Å². The van der Waals surface area contributed by atoms with Gasteiger partial charge in [0.2, 0.25) is 0 Å². The smallest absolute Gasteiger partial charge is 0.257 e. The molecule has 2 rings (SSSR count). The first-order chi connectivity index (χ1) is 18.2. The van der Waals surface area contributed by atoms with E-state index in [1.54, 1.807) is 13.2 Å². The largest absolute Gasteiger partial charge is 1.00 e. The first kappa shape index (κ1) is 34.0. The Balaban J connectivity index is 0.00000722. The highest BCUT2D eigenvalue weighted by atomic mass is 127. The van der Waals surface area contributed by atoms with Crippen LogP contribution < -0.4 is 48.1 Å². The number of halogens is 1. The van der Waals surface area contributed by atoms with Crippen molar-refractivity contribution in [2.24, 2.45) is 0 Å². The summed E-state index contributed by atoms with van der Waals surface area (Å²) in [4.78, 5) is 12.2. The Bertz CT molecular complexity index is 877. The van der Waals surface area contributed by atoms with Gasteiger partial charge in [0, 0.05) is 31.2 Å². The van der Waals surface area contributed by atoms with Gasteiger partial charge in [0.05, 0.1) is 13.7 Å². The number of aryl methyl sites for hydroxylation is 1. The van der Waals surface area contributed by atoms with Gasteiger partial charge in [-0.05, 0) is 30.5 Å². The van der Waals surface area contributed by atoms with Crippen LogP contribution in [0.3, 0.4) is 0 Å². The predicted molar refractivity (Wildman–Crippen MR) is 149 cm³/mol. The topological polar surface area (TPSA) is 60.7 Å². The van der Waals surface area contributed by atoms with Gasteiger partial charge in [-0.2, -0.15) is 0 Å². The van der Waals surface area contributed by atoms with E-state index in [4.69, 9.17) is 14.2 Å². The van der Waals surface area contributed by atoms with Gasteiger partial charge in [0.15, 0.2) is 30.5 Å². The van der Waals surface area contributed by atoms with Crippen LogP contribution in [0.2, 0.25) is 0 Å². The number of carbonyl (C=O) groups excluding carboxylic acids is 1. The molecule has 0 aliphatic heterocycles. The lowest BCUT2D eigenvalue weighted by atomic mass is 10.1. The fourth-order valence-corrected chi connectivity index (χ4v) is 4.24. The van der Waals surface area contributed by atoms with E-state index in [0.29, 0.717) is 30.4 Å². The zero-order valence-corrected chi connectivity index (χ0v) is 26.0. The maximum atomic E-state index is 12.2. The number of rotatable bonds is 21. The Labute approximate surface area is 247 Å². The Morgan fingerprint density at radius 1 is 0.816 bits per heavy atom. The van der Waals surface area contributed by atoms with Gasteiger partial charge in [-0.3, -0.25) is 4.79 Å². The number of nitrogens with zero attached hydrogens (tertiary/aromatic N) is 1. The summed E-state index contributed by atoms with van der Waals surface area (Å²) in [5.41, 5.74) is 1.20. The minimum atomic E-state index is -0.141. The van der Waals surface area contributed by atoms with E-state index < -0.39 is 0 Å². The number of ether oxygens (including phenoxy) is 3. The van der Waals surface area contributed by atoms with E-state index >= 15 is 0 Å². The van der Waals surface area contributed by atoms with E-state index in [1.807, 2.05) is 12.1 Å². The molecule has 1 aromatic carbocycles. The zero-order chi connectivity index (χ0) is 26.6. The molecule has 0 bridgehead atoms. The van der Waals surface area contributed by atoms with Crippen molar-refractivity contribution in [1.82, 2.24) is 5.32 Å². The molecule has 38 heavy (non-hydrogen) atoms. The second kappa shape index (κ2) is 21.9. The average molecular weight is 641 g/mol. The van der Waals surface area contributed by atoms with E-state index in [1.165, 1.54) is 63.4 Å². The zero-order valence-electron chi connectivity index (χ0n) is 23.8. The summed E-state index contributed by atoms with van der Waals surface area (Å²) in [5, 5.41) is 2.92. The lowest BCUT2D eigenvalue weighted by Crippen LogP contribution is -3.00. The molecule has 0 aliphatic carbocycles. The molecular weight excluding hydrogens is 591 g/mol. The Morgan fingerprint density at radius 2 is 1.47 bits per heavy atom. The molecule has 1 amide bonds. The molecule has 6 nitrogen and oxygen atoms in total. The molecular formula is C31H49IN2O4. The normalized spacial score (nSPS) is 10.5. The van der Waals surface area contributed by atoms with Crippen LogP contribution in [0.4, 0.5) is 0 Å². The quantitative estimate of drug-likeness (QED) is 0.129. The summed E-state index contributed by atoms with van der Waals surface area (Å²) >= 11 is 0. The molecule has 0 saturated carbocycles. The van der Waals surface area contributed by atoms with Crippen molar-refractivity contribution < 1.29 is 47.5 Å². The molecule has 0 aliphatic rings. The number of carbonyl (C=O) groups is 1. The van der Waals surface area contributed by atoms with Crippen LogP contribution in [0.1, 0.15) is 90.0 Å². The fraction of sp³-hybridized carbons (Fsp3) is 0.613. The van der Waals surface area contributed by atoms with Gasteiger partial charge >= 0.3 is 0 Å². The molecule has 0 spiro atoms. The van der Waals surface area contributed by atoms with Crippen LogP contribution in [0.5, 0.6) is 17.2 Å². The monoisotopic (exact) mass is 640 g/mol. The highest BCUT2D eigenvalue weighted by molar-refractivity contribution is 5.77. The van der Waals surface area contributed by atoms with Gasteiger partial charge in [0.25, 0.3) is 5.91 Å². The van der Waals surface area contributed by atoms with Crippen molar-refractivity contribution >= 4 is 5.91 Å². The number of hydrogen-bond acceptors (Lipinski definition) is 4. The maximum absolute atomic E-state index is 12.2. The summed E-state index contributed by atoms with van der Waals surface area (Å²) in [7, 11) is 1.62. The standard InChI is InChI=1S/C31H48N2O4.HI/c1-4-6-7-8-9-10-11-12-13-14-24-36-29-16-15-28(25-30(29)35-3)37-26-31(34)32-20-17-27-18-22-33(21-5-2)23-19-27;/h15-16,18-19,22-23,25H,4-14,17,20-21,24,26H2,1-3H3;1H. The van der Waals surface area contributed by atoms with Crippen LogP contribution in [-0.4, -0.2) is 32.8 Å². The molecule has 0 radical (unpaired) electrons. The minimum Gasteiger partial charge on any atom is -1.00 e. The average Bonchev–Trinajstić information content (AvgIpc) is 2.92. The lowest BCUT2D eigenvalue weighted by Gasteiger charge is -2.13. The number of amides is 1. The van der Waals surface area contributed by atoms with Crippen molar-refractivity contribution in [2.45, 2.75) is 97.4 Å². The number of unbranched alkanes of at least 4 members (excludes halogenated alkanes) is 9. The van der Waals surface area contributed by atoms with E-state index in [2.05, 4.69) is 48.3 Å². The lowest BCUT2D eigenvalue weighted by molar-refractivity contribution is -0.697. The molecule has 0 fully saturated rings. The van der Waals surface area contributed by atoms with Crippen molar-refractivity contribution in [3.05, 3.63) is 48.3 Å². The van der Waals surface area contributed by atoms with Crippen LogP contribution >= 0.6 is 0 Å². The van der Waals surface area contributed by atoms with Crippen LogP contribution in [0.15, 0.2) is 42.7 Å². The molecule has 214 valence electrons. The molecule has 1 heterocycles. The Kier molecular flexibility index (Phi) is 19.6. The third kappa shape index (κ3) is 14.8. The predicted octanol–water partition coefficient (Wildman–Crippen LogP) is 3.43. The fourth-order valence-electron chi connectivity index (χ4n) is 4.24. The molecule has 0 saturated heterocycles. The molecule has 2 aromatic rings. The van der Waals surface area contributed by atoms with Gasteiger partial charge < -0.3 is 43.5 Å². The van der Waals surface area contributed by atoms with E-state index in [-0.39, 0.29) is 36.5 Å². The highest BCUT2D eigenvalue weighted by Crippen LogP contribution is 2.31. The SMILES string of the molecule is CCCCCCCCCCCCOc1ccc(OCC(=O)NCCc2cc[n+](CCC)cc2)cc1OC.[I-]. The third-order valence-electron chi connectivity index (χ3n) is 6.44.